The van der Waals surface area contributed by atoms with E-state index in [0.29, 0.717) is 13.2 Å². The SMILES string of the molecule is CCCCCN(Cc1ccc(OC)cc1)C(C(=O)OCC)c1ccc(F)cc1. The summed E-state index contributed by atoms with van der Waals surface area (Å²) in [5.74, 6) is 0.167. The lowest BCUT2D eigenvalue weighted by Crippen LogP contribution is -2.35. The summed E-state index contributed by atoms with van der Waals surface area (Å²) in [6.07, 6.45) is 3.15. The number of hydrogen-bond donors (Lipinski definition) is 0. The minimum atomic E-state index is -0.570. The minimum Gasteiger partial charge on any atom is -0.497 e. The highest BCUT2D eigenvalue weighted by atomic mass is 19.1. The monoisotopic (exact) mass is 387 g/mol. The number of rotatable bonds is 11. The zero-order valence-corrected chi connectivity index (χ0v) is 17.0. The quantitative estimate of drug-likeness (QED) is 0.396. The molecule has 0 aliphatic heterocycles. The number of hydrogen-bond acceptors (Lipinski definition) is 4. The lowest BCUT2D eigenvalue weighted by molar-refractivity contribution is -0.150. The fourth-order valence-electron chi connectivity index (χ4n) is 3.19. The lowest BCUT2D eigenvalue weighted by Gasteiger charge is -2.30. The van der Waals surface area contributed by atoms with Gasteiger partial charge in [0, 0.05) is 6.54 Å². The fourth-order valence-corrected chi connectivity index (χ4v) is 3.19. The molecule has 0 bridgehead atoms. The van der Waals surface area contributed by atoms with E-state index in [0.717, 1.165) is 42.7 Å². The van der Waals surface area contributed by atoms with Crippen molar-refractivity contribution in [2.24, 2.45) is 0 Å². The van der Waals surface area contributed by atoms with Crippen LogP contribution in [0.3, 0.4) is 0 Å². The predicted octanol–water partition coefficient (Wildman–Crippen LogP) is 5.13. The van der Waals surface area contributed by atoms with E-state index in [1.54, 1.807) is 26.2 Å². The summed E-state index contributed by atoms with van der Waals surface area (Å²) >= 11 is 0. The number of halogens is 1. The molecular formula is C23H30FNO3. The van der Waals surface area contributed by atoms with Crippen molar-refractivity contribution in [3.8, 4) is 5.75 Å². The van der Waals surface area contributed by atoms with Gasteiger partial charge in [-0.05, 0) is 55.3 Å². The van der Waals surface area contributed by atoms with Crippen molar-refractivity contribution < 1.29 is 18.7 Å². The third-order valence-electron chi connectivity index (χ3n) is 4.65. The van der Waals surface area contributed by atoms with Crippen LogP contribution < -0.4 is 4.74 Å². The van der Waals surface area contributed by atoms with Crippen LogP contribution in [0.2, 0.25) is 0 Å². The molecule has 28 heavy (non-hydrogen) atoms. The Hall–Kier alpha value is -2.40. The van der Waals surface area contributed by atoms with Gasteiger partial charge < -0.3 is 9.47 Å². The topological polar surface area (TPSA) is 38.8 Å². The average molecular weight is 387 g/mol. The minimum absolute atomic E-state index is 0.306. The first kappa shape index (κ1) is 21.9. The van der Waals surface area contributed by atoms with Crippen LogP contribution in [0.1, 0.15) is 50.3 Å². The molecule has 0 aliphatic rings. The first-order valence-corrected chi connectivity index (χ1v) is 9.88. The molecule has 1 atom stereocenters. The van der Waals surface area contributed by atoms with Crippen LogP contribution >= 0.6 is 0 Å². The molecule has 0 fully saturated rings. The third-order valence-corrected chi connectivity index (χ3v) is 4.65. The van der Waals surface area contributed by atoms with E-state index in [4.69, 9.17) is 9.47 Å². The highest BCUT2D eigenvalue weighted by Gasteiger charge is 2.29. The van der Waals surface area contributed by atoms with Crippen LogP contribution in [-0.4, -0.2) is 31.1 Å². The van der Waals surface area contributed by atoms with Crippen molar-refractivity contribution >= 4 is 5.97 Å². The molecule has 0 aromatic heterocycles. The molecule has 0 heterocycles. The highest BCUT2D eigenvalue weighted by Crippen LogP contribution is 2.26. The summed E-state index contributed by atoms with van der Waals surface area (Å²) in [5, 5.41) is 0. The standard InChI is InChI=1S/C23H30FNO3/c1-4-6-7-16-25(17-18-8-14-21(27-3)15-9-18)22(23(26)28-5-2)19-10-12-20(24)13-11-19/h8-15,22H,4-7,16-17H2,1-3H3. The zero-order valence-electron chi connectivity index (χ0n) is 17.0. The normalized spacial score (nSPS) is 12.0. The summed E-state index contributed by atoms with van der Waals surface area (Å²) in [6.45, 7) is 5.60. The van der Waals surface area contributed by atoms with Crippen molar-refractivity contribution in [1.29, 1.82) is 0 Å². The molecule has 4 nitrogen and oxygen atoms in total. The smallest absolute Gasteiger partial charge is 0.328 e. The number of unbranched alkanes of at least 4 members (excludes halogenated alkanes) is 2. The van der Waals surface area contributed by atoms with Gasteiger partial charge in [0.25, 0.3) is 0 Å². The maximum absolute atomic E-state index is 13.4. The highest BCUT2D eigenvalue weighted by molar-refractivity contribution is 5.77. The molecule has 0 N–H and O–H groups in total. The number of methoxy groups -OCH3 is 1. The maximum Gasteiger partial charge on any atom is 0.328 e. The Kier molecular flexibility index (Phi) is 8.95. The van der Waals surface area contributed by atoms with E-state index < -0.39 is 6.04 Å². The second-order valence-electron chi connectivity index (χ2n) is 6.73. The van der Waals surface area contributed by atoms with Gasteiger partial charge in [0.05, 0.1) is 13.7 Å². The van der Waals surface area contributed by atoms with E-state index in [-0.39, 0.29) is 11.8 Å². The second kappa shape index (κ2) is 11.4. The third kappa shape index (κ3) is 6.34. The Labute approximate surface area is 167 Å². The number of esters is 1. The molecule has 2 rings (SSSR count). The first-order valence-electron chi connectivity index (χ1n) is 9.88. The second-order valence-corrected chi connectivity index (χ2v) is 6.73. The van der Waals surface area contributed by atoms with E-state index >= 15 is 0 Å². The number of carbonyl (C=O) groups is 1. The Morgan fingerprint density at radius 3 is 2.29 bits per heavy atom. The largest absolute Gasteiger partial charge is 0.497 e. The maximum atomic E-state index is 13.4. The molecule has 0 aliphatic carbocycles. The fraction of sp³-hybridized carbons (Fsp3) is 0.435. The molecule has 152 valence electrons. The van der Waals surface area contributed by atoms with Crippen molar-refractivity contribution in [1.82, 2.24) is 4.90 Å². The number of benzene rings is 2. The molecule has 0 saturated carbocycles. The van der Waals surface area contributed by atoms with Crippen LogP contribution in [0.15, 0.2) is 48.5 Å². The van der Waals surface area contributed by atoms with Gasteiger partial charge in [-0.3, -0.25) is 4.90 Å². The van der Waals surface area contributed by atoms with Crippen LogP contribution in [0.5, 0.6) is 5.75 Å². The summed E-state index contributed by atoms with van der Waals surface area (Å²) in [5.41, 5.74) is 1.82. The Balaban J connectivity index is 2.32. The summed E-state index contributed by atoms with van der Waals surface area (Å²) in [6, 6.07) is 13.4. The van der Waals surface area contributed by atoms with Crippen molar-refractivity contribution in [3.05, 3.63) is 65.5 Å². The van der Waals surface area contributed by atoms with Gasteiger partial charge in [0.1, 0.15) is 17.6 Å². The van der Waals surface area contributed by atoms with E-state index in [1.165, 1.54) is 12.1 Å². The van der Waals surface area contributed by atoms with Gasteiger partial charge in [-0.1, -0.05) is 44.0 Å². The Morgan fingerprint density at radius 2 is 1.71 bits per heavy atom. The summed E-state index contributed by atoms with van der Waals surface area (Å²) < 4.78 is 24.0. The lowest BCUT2D eigenvalue weighted by atomic mass is 10.0. The number of nitrogens with zero attached hydrogens (tertiary/aromatic N) is 1. The molecule has 2 aromatic rings. The first-order chi connectivity index (χ1) is 13.6. The Morgan fingerprint density at radius 1 is 1.04 bits per heavy atom. The average Bonchev–Trinajstić information content (AvgIpc) is 2.70. The van der Waals surface area contributed by atoms with Crippen LogP contribution in [0.4, 0.5) is 4.39 Å². The van der Waals surface area contributed by atoms with Crippen molar-refractivity contribution in [2.45, 2.75) is 45.7 Å². The predicted molar refractivity (Wildman–Crippen MR) is 109 cm³/mol. The van der Waals surface area contributed by atoms with Crippen molar-refractivity contribution in [2.75, 3.05) is 20.3 Å². The van der Waals surface area contributed by atoms with Gasteiger partial charge in [0.15, 0.2) is 0 Å². The molecule has 0 amide bonds. The molecule has 1 unspecified atom stereocenters. The van der Waals surface area contributed by atoms with E-state index in [2.05, 4.69) is 11.8 Å². The van der Waals surface area contributed by atoms with Gasteiger partial charge in [-0.2, -0.15) is 0 Å². The molecule has 2 aromatic carbocycles. The van der Waals surface area contributed by atoms with E-state index in [1.807, 2.05) is 24.3 Å². The van der Waals surface area contributed by atoms with Gasteiger partial charge in [-0.25, -0.2) is 9.18 Å². The summed E-state index contributed by atoms with van der Waals surface area (Å²) in [7, 11) is 1.64. The molecular weight excluding hydrogens is 357 g/mol. The molecule has 0 spiro atoms. The van der Waals surface area contributed by atoms with Crippen molar-refractivity contribution in [3.63, 3.8) is 0 Å². The number of ether oxygens (including phenoxy) is 2. The molecule has 0 radical (unpaired) electrons. The van der Waals surface area contributed by atoms with Crippen LogP contribution in [0, 0.1) is 5.82 Å². The number of carbonyl (C=O) groups excluding carboxylic acids is 1. The van der Waals surface area contributed by atoms with E-state index in [9.17, 15) is 9.18 Å². The summed E-state index contributed by atoms with van der Waals surface area (Å²) in [4.78, 5) is 14.9. The van der Waals surface area contributed by atoms with Crippen LogP contribution in [0.25, 0.3) is 0 Å². The van der Waals surface area contributed by atoms with Gasteiger partial charge in [-0.15, -0.1) is 0 Å². The molecule has 5 heteroatoms. The zero-order chi connectivity index (χ0) is 20.4. The van der Waals surface area contributed by atoms with Gasteiger partial charge in [0.2, 0.25) is 0 Å². The Bertz CT molecular complexity index is 716. The van der Waals surface area contributed by atoms with Gasteiger partial charge >= 0.3 is 5.97 Å². The van der Waals surface area contributed by atoms with Crippen LogP contribution in [-0.2, 0) is 16.1 Å². The molecule has 0 saturated heterocycles.